The summed E-state index contributed by atoms with van der Waals surface area (Å²) in [5.74, 6) is 0.743. The van der Waals surface area contributed by atoms with Gasteiger partial charge in [-0.15, -0.1) is 0 Å². The summed E-state index contributed by atoms with van der Waals surface area (Å²) in [4.78, 5) is 32.6. The van der Waals surface area contributed by atoms with Gasteiger partial charge in [0, 0.05) is 32.4 Å². The lowest BCUT2D eigenvalue weighted by molar-refractivity contribution is -0.157. The number of carbonyl (C=O) groups excluding carboxylic acids is 2. The van der Waals surface area contributed by atoms with Crippen LogP contribution in [0.3, 0.4) is 0 Å². The van der Waals surface area contributed by atoms with Crippen LogP contribution in [0.4, 0.5) is 5.82 Å². The minimum atomic E-state index is -0.781. The number of ether oxygens (including phenoxy) is 2. The molecule has 0 N–H and O–H groups in total. The van der Waals surface area contributed by atoms with Crippen molar-refractivity contribution < 1.29 is 19.1 Å². The van der Waals surface area contributed by atoms with Gasteiger partial charge in [0.1, 0.15) is 11.6 Å². The number of nitrogens with zero attached hydrogens (tertiary/aromatic N) is 3. The Balaban J connectivity index is 1.41. The van der Waals surface area contributed by atoms with Gasteiger partial charge in [-0.1, -0.05) is 23.8 Å². The predicted molar refractivity (Wildman–Crippen MR) is 105 cm³/mol. The molecule has 1 aliphatic rings. The van der Waals surface area contributed by atoms with Gasteiger partial charge in [-0.25, -0.2) is 9.78 Å². The highest BCUT2D eigenvalue weighted by atomic mass is 16.6. The highest BCUT2D eigenvalue weighted by Gasteiger charge is 2.24. The molecule has 3 rings (SSSR count). The van der Waals surface area contributed by atoms with Gasteiger partial charge < -0.3 is 19.3 Å². The van der Waals surface area contributed by atoms with Gasteiger partial charge in [0.05, 0.1) is 0 Å². The van der Waals surface area contributed by atoms with Crippen LogP contribution in [-0.4, -0.2) is 60.7 Å². The minimum Gasteiger partial charge on any atom is -0.479 e. The summed E-state index contributed by atoms with van der Waals surface area (Å²) in [6.45, 7) is 5.85. The number of hydrogen-bond acceptors (Lipinski definition) is 6. The fourth-order valence-electron chi connectivity index (χ4n) is 2.94. The van der Waals surface area contributed by atoms with Gasteiger partial charge in [-0.3, -0.25) is 4.79 Å². The van der Waals surface area contributed by atoms with E-state index < -0.39 is 12.1 Å². The number of aromatic nitrogens is 1. The van der Waals surface area contributed by atoms with E-state index in [9.17, 15) is 9.59 Å². The largest absolute Gasteiger partial charge is 0.479 e. The molecule has 1 atom stereocenters. The molecule has 0 spiro atoms. The maximum absolute atomic E-state index is 12.3. The number of aryl methyl sites for hydroxylation is 1. The Morgan fingerprint density at radius 1 is 1.07 bits per heavy atom. The molecule has 1 fully saturated rings. The summed E-state index contributed by atoms with van der Waals surface area (Å²) >= 11 is 0. The van der Waals surface area contributed by atoms with E-state index in [2.05, 4.69) is 9.88 Å². The predicted octanol–water partition coefficient (Wildman–Crippen LogP) is 2.05. The normalized spacial score (nSPS) is 15.1. The standard InChI is InChI=1S/C21H25N3O4/c1-16-6-8-18(9-7-16)28-17(2)21(26)27-15-20(25)24-13-11-23(12-14-24)19-5-3-4-10-22-19/h3-10,17H,11-15H2,1-2H3. The lowest BCUT2D eigenvalue weighted by Crippen LogP contribution is -2.50. The Labute approximate surface area is 164 Å². The van der Waals surface area contributed by atoms with Gasteiger partial charge in [-0.05, 0) is 38.1 Å². The maximum atomic E-state index is 12.3. The van der Waals surface area contributed by atoms with Crippen molar-refractivity contribution >= 4 is 17.7 Å². The van der Waals surface area contributed by atoms with Crippen LogP contribution in [0.15, 0.2) is 48.7 Å². The maximum Gasteiger partial charge on any atom is 0.347 e. The SMILES string of the molecule is Cc1ccc(OC(C)C(=O)OCC(=O)N2CCN(c3ccccn3)CC2)cc1. The van der Waals surface area contributed by atoms with E-state index >= 15 is 0 Å². The van der Waals surface area contributed by atoms with Gasteiger partial charge >= 0.3 is 5.97 Å². The van der Waals surface area contributed by atoms with Crippen molar-refractivity contribution in [3.63, 3.8) is 0 Å². The summed E-state index contributed by atoms with van der Waals surface area (Å²) in [5, 5.41) is 0. The second-order valence-corrected chi connectivity index (χ2v) is 6.74. The van der Waals surface area contributed by atoms with Crippen molar-refractivity contribution in [1.82, 2.24) is 9.88 Å². The van der Waals surface area contributed by atoms with Gasteiger partial charge in [0.15, 0.2) is 12.7 Å². The van der Waals surface area contributed by atoms with Crippen LogP contribution < -0.4 is 9.64 Å². The van der Waals surface area contributed by atoms with E-state index in [0.717, 1.165) is 11.4 Å². The molecule has 1 aromatic heterocycles. The third-order valence-corrected chi connectivity index (χ3v) is 4.61. The Kier molecular flexibility index (Phi) is 6.47. The molecular weight excluding hydrogens is 358 g/mol. The molecule has 0 aliphatic carbocycles. The molecule has 0 saturated carbocycles. The third kappa shape index (κ3) is 5.22. The molecule has 2 heterocycles. The van der Waals surface area contributed by atoms with E-state index in [1.165, 1.54) is 0 Å². The highest BCUT2D eigenvalue weighted by molar-refractivity contribution is 5.82. The number of esters is 1. The molecule has 7 nitrogen and oxygen atoms in total. The monoisotopic (exact) mass is 383 g/mol. The number of hydrogen-bond donors (Lipinski definition) is 0. The zero-order chi connectivity index (χ0) is 19.9. The number of pyridine rings is 1. The third-order valence-electron chi connectivity index (χ3n) is 4.61. The second kappa shape index (κ2) is 9.21. The number of anilines is 1. The number of piperazine rings is 1. The number of amides is 1. The van der Waals surface area contributed by atoms with Crippen molar-refractivity contribution in [2.75, 3.05) is 37.7 Å². The average Bonchev–Trinajstić information content (AvgIpc) is 2.74. The fraction of sp³-hybridized carbons (Fsp3) is 0.381. The van der Waals surface area contributed by atoms with Crippen LogP contribution in [0, 0.1) is 6.92 Å². The minimum absolute atomic E-state index is 0.198. The van der Waals surface area contributed by atoms with Crippen molar-refractivity contribution in [3.8, 4) is 5.75 Å². The molecule has 7 heteroatoms. The summed E-state index contributed by atoms with van der Waals surface area (Å²) in [5.41, 5.74) is 1.11. The average molecular weight is 383 g/mol. The lowest BCUT2D eigenvalue weighted by Gasteiger charge is -2.35. The van der Waals surface area contributed by atoms with E-state index in [1.807, 2.05) is 37.3 Å². The van der Waals surface area contributed by atoms with Crippen molar-refractivity contribution in [2.24, 2.45) is 0 Å². The van der Waals surface area contributed by atoms with Crippen LogP contribution in [0.1, 0.15) is 12.5 Å². The van der Waals surface area contributed by atoms with Crippen molar-refractivity contribution in [2.45, 2.75) is 20.0 Å². The molecule has 1 amide bonds. The number of benzene rings is 1. The first-order valence-electron chi connectivity index (χ1n) is 9.36. The Morgan fingerprint density at radius 3 is 2.43 bits per heavy atom. The molecule has 1 aromatic carbocycles. The summed E-state index contributed by atoms with van der Waals surface area (Å²) in [6, 6.07) is 13.2. The summed E-state index contributed by atoms with van der Waals surface area (Å²) in [6.07, 6.45) is 0.975. The lowest BCUT2D eigenvalue weighted by atomic mass is 10.2. The van der Waals surface area contributed by atoms with Gasteiger partial charge in [0.25, 0.3) is 5.91 Å². The van der Waals surface area contributed by atoms with Crippen LogP contribution in [0.2, 0.25) is 0 Å². The first kappa shape index (κ1) is 19.7. The summed E-state index contributed by atoms with van der Waals surface area (Å²) in [7, 11) is 0. The number of rotatable bonds is 6. The molecule has 1 saturated heterocycles. The Morgan fingerprint density at radius 2 is 1.79 bits per heavy atom. The van der Waals surface area contributed by atoms with E-state index in [4.69, 9.17) is 9.47 Å². The first-order chi connectivity index (χ1) is 13.5. The highest BCUT2D eigenvalue weighted by Crippen LogP contribution is 2.14. The molecule has 2 aromatic rings. The molecule has 148 valence electrons. The topological polar surface area (TPSA) is 72.0 Å². The molecule has 1 unspecified atom stereocenters. The van der Waals surface area contributed by atoms with Crippen molar-refractivity contribution in [3.05, 3.63) is 54.2 Å². The van der Waals surface area contributed by atoms with E-state index in [1.54, 1.807) is 30.2 Å². The van der Waals surface area contributed by atoms with Crippen LogP contribution in [0.5, 0.6) is 5.75 Å². The van der Waals surface area contributed by atoms with Crippen LogP contribution >= 0.6 is 0 Å². The molecule has 0 radical (unpaired) electrons. The first-order valence-corrected chi connectivity index (χ1v) is 9.36. The van der Waals surface area contributed by atoms with E-state index in [0.29, 0.717) is 31.9 Å². The van der Waals surface area contributed by atoms with E-state index in [-0.39, 0.29) is 12.5 Å². The Hall–Kier alpha value is -3.09. The quantitative estimate of drug-likeness (QED) is 0.711. The van der Waals surface area contributed by atoms with Gasteiger partial charge in [-0.2, -0.15) is 0 Å². The molecular formula is C21H25N3O4. The molecule has 28 heavy (non-hydrogen) atoms. The summed E-state index contributed by atoms with van der Waals surface area (Å²) < 4.78 is 10.7. The van der Waals surface area contributed by atoms with Gasteiger partial charge in [0.2, 0.25) is 0 Å². The van der Waals surface area contributed by atoms with Crippen LogP contribution in [0.25, 0.3) is 0 Å². The number of carbonyl (C=O) groups is 2. The zero-order valence-electron chi connectivity index (χ0n) is 16.2. The zero-order valence-corrected chi connectivity index (χ0v) is 16.2. The second-order valence-electron chi connectivity index (χ2n) is 6.74. The Bertz CT molecular complexity index is 787. The molecule has 0 bridgehead atoms. The smallest absolute Gasteiger partial charge is 0.347 e. The molecule has 1 aliphatic heterocycles. The fourth-order valence-corrected chi connectivity index (χ4v) is 2.94. The van der Waals surface area contributed by atoms with Crippen molar-refractivity contribution in [1.29, 1.82) is 0 Å². The van der Waals surface area contributed by atoms with Crippen LogP contribution in [-0.2, 0) is 14.3 Å².